The summed E-state index contributed by atoms with van der Waals surface area (Å²) in [5, 5.41) is 5.88. The van der Waals surface area contributed by atoms with Gasteiger partial charge in [0.05, 0.1) is 24.3 Å². The maximum absolute atomic E-state index is 12.1. The van der Waals surface area contributed by atoms with Crippen LogP contribution in [0.1, 0.15) is 29.4 Å². The van der Waals surface area contributed by atoms with Gasteiger partial charge in [0.2, 0.25) is 0 Å². The predicted octanol–water partition coefficient (Wildman–Crippen LogP) is 2.25. The number of nitrogens with one attached hydrogen (secondary N) is 2. The van der Waals surface area contributed by atoms with Crippen molar-refractivity contribution in [1.82, 2.24) is 15.0 Å². The van der Waals surface area contributed by atoms with Crippen molar-refractivity contribution in [2.24, 2.45) is 0 Å². The van der Waals surface area contributed by atoms with Crippen LogP contribution in [-0.4, -0.2) is 27.4 Å². The fourth-order valence-electron chi connectivity index (χ4n) is 1.59. The van der Waals surface area contributed by atoms with Crippen molar-refractivity contribution in [1.29, 1.82) is 0 Å². The van der Waals surface area contributed by atoms with Crippen LogP contribution in [0.3, 0.4) is 0 Å². The minimum Gasteiger partial charge on any atom is -0.369 e. The van der Waals surface area contributed by atoms with Crippen molar-refractivity contribution < 1.29 is 4.79 Å². The number of carbonyl (C=O) groups is 1. The maximum atomic E-state index is 12.1. The first-order chi connectivity index (χ1) is 9.70. The lowest BCUT2D eigenvalue weighted by atomic mass is 10.2. The lowest BCUT2D eigenvalue weighted by Crippen LogP contribution is -2.16. The second kappa shape index (κ2) is 6.60. The summed E-state index contributed by atoms with van der Waals surface area (Å²) in [6.45, 7) is 4.76. The molecule has 0 aliphatic heterocycles. The molecule has 0 saturated carbocycles. The number of anilines is 2. The highest BCUT2D eigenvalue weighted by Gasteiger charge is 2.10. The first-order valence-electron chi connectivity index (χ1n) is 6.48. The Kier molecular flexibility index (Phi) is 4.60. The second-order valence-electron chi connectivity index (χ2n) is 4.36. The molecule has 2 N–H and O–H groups in total. The van der Waals surface area contributed by atoms with E-state index < -0.39 is 0 Å². The summed E-state index contributed by atoms with van der Waals surface area (Å²) < 4.78 is 0. The summed E-state index contributed by atoms with van der Waals surface area (Å²) in [5.41, 5.74) is 1.89. The number of hydrogen-bond donors (Lipinski definition) is 2. The largest absolute Gasteiger partial charge is 0.369 e. The van der Waals surface area contributed by atoms with E-state index in [0.29, 0.717) is 11.5 Å². The van der Waals surface area contributed by atoms with Crippen LogP contribution >= 0.6 is 0 Å². The van der Waals surface area contributed by atoms with Crippen molar-refractivity contribution in [3.05, 3.63) is 42.1 Å². The van der Waals surface area contributed by atoms with Gasteiger partial charge in [-0.3, -0.25) is 14.8 Å². The first-order valence-corrected chi connectivity index (χ1v) is 6.48. The molecule has 0 atom stereocenters. The Bertz CT molecular complexity index is 600. The average molecular weight is 271 g/mol. The van der Waals surface area contributed by atoms with Crippen LogP contribution in [0.15, 0.2) is 30.9 Å². The Labute approximate surface area is 117 Å². The highest BCUT2D eigenvalue weighted by atomic mass is 16.1. The zero-order chi connectivity index (χ0) is 14.4. The summed E-state index contributed by atoms with van der Waals surface area (Å²) in [6, 6.07) is 1.83. The molecule has 2 rings (SSSR count). The van der Waals surface area contributed by atoms with Crippen LogP contribution in [0.5, 0.6) is 0 Å². The third kappa shape index (κ3) is 3.50. The number of hydrogen-bond acceptors (Lipinski definition) is 5. The van der Waals surface area contributed by atoms with Crippen molar-refractivity contribution in [3.63, 3.8) is 0 Å². The molecular weight excluding hydrogens is 254 g/mol. The third-order valence-electron chi connectivity index (χ3n) is 2.71. The summed E-state index contributed by atoms with van der Waals surface area (Å²) in [5.74, 6) is 0.302. The Hall–Kier alpha value is -2.50. The first kappa shape index (κ1) is 13.9. The summed E-state index contributed by atoms with van der Waals surface area (Å²) >= 11 is 0. The molecule has 0 aromatic carbocycles. The molecule has 0 bridgehead atoms. The van der Waals surface area contributed by atoms with Gasteiger partial charge < -0.3 is 10.6 Å². The van der Waals surface area contributed by atoms with Gasteiger partial charge in [0.25, 0.3) is 5.91 Å². The zero-order valence-electron chi connectivity index (χ0n) is 11.6. The molecule has 20 heavy (non-hydrogen) atoms. The molecule has 0 unspecified atom stereocenters. The van der Waals surface area contributed by atoms with E-state index >= 15 is 0 Å². The van der Waals surface area contributed by atoms with E-state index in [1.54, 1.807) is 18.6 Å². The smallest absolute Gasteiger partial charge is 0.276 e. The molecule has 0 radical (unpaired) electrons. The highest BCUT2D eigenvalue weighted by Crippen LogP contribution is 2.13. The van der Waals surface area contributed by atoms with E-state index in [1.165, 1.54) is 6.20 Å². The van der Waals surface area contributed by atoms with Gasteiger partial charge in [-0.25, -0.2) is 4.98 Å². The predicted molar refractivity (Wildman–Crippen MR) is 77.7 cm³/mol. The van der Waals surface area contributed by atoms with Crippen molar-refractivity contribution >= 4 is 17.4 Å². The van der Waals surface area contributed by atoms with E-state index in [2.05, 4.69) is 32.5 Å². The third-order valence-corrected chi connectivity index (χ3v) is 2.71. The van der Waals surface area contributed by atoms with Gasteiger partial charge in [0.15, 0.2) is 0 Å². The number of aryl methyl sites for hydroxylation is 1. The van der Waals surface area contributed by atoms with Gasteiger partial charge in [-0.15, -0.1) is 0 Å². The number of carbonyl (C=O) groups excluding carboxylic acids is 1. The number of aromatic nitrogens is 3. The zero-order valence-corrected chi connectivity index (χ0v) is 11.6. The SMILES string of the molecule is CCCNc1cncc(C(=O)Nc2cnccc2C)n1. The average Bonchev–Trinajstić information content (AvgIpc) is 2.48. The summed E-state index contributed by atoms with van der Waals surface area (Å²) in [6.07, 6.45) is 7.31. The fraction of sp³-hybridized carbons (Fsp3) is 0.286. The van der Waals surface area contributed by atoms with E-state index in [1.807, 2.05) is 13.0 Å². The Morgan fingerprint density at radius 2 is 2.10 bits per heavy atom. The van der Waals surface area contributed by atoms with E-state index in [9.17, 15) is 4.79 Å². The van der Waals surface area contributed by atoms with Crippen LogP contribution in [0.25, 0.3) is 0 Å². The van der Waals surface area contributed by atoms with Crippen LogP contribution in [0.4, 0.5) is 11.5 Å². The summed E-state index contributed by atoms with van der Waals surface area (Å²) in [7, 11) is 0. The molecule has 2 aromatic rings. The molecule has 6 nitrogen and oxygen atoms in total. The maximum Gasteiger partial charge on any atom is 0.276 e. The minimum atomic E-state index is -0.297. The van der Waals surface area contributed by atoms with Crippen molar-refractivity contribution in [2.75, 3.05) is 17.2 Å². The van der Waals surface area contributed by atoms with E-state index in [4.69, 9.17) is 0 Å². The van der Waals surface area contributed by atoms with Crippen LogP contribution in [0.2, 0.25) is 0 Å². The highest BCUT2D eigenvalue weighted by molar-refractivity contribution is 6.03. The Morgan fingerprint density at radius 3 is 2.85 bits per heavy atom. The fourth-order valence-corrected chi connectivity index (χ4v) is 1.59. The van der Waals surface area contributed by atoms with Gasteiger partial charge in [-0.05, 0) is 25.0 Å². The van der Waals surface area contributed by atoms with Crippen LogP contribution < -0.4 is 10.6 Å². The van der Waals surface area contributed by atoms with Gasteiger partial charge in [-0.1, -0.05) is 6.92 Å². The molecule has 0 spiro atoms. The lowest BCUT2D eigenvalue weighted by molar-refractivity contribution is 0.102. The molecule has 0 saturated heterocycles. The van der Waals surface area contributed by atoms with Gasteiger partial charge in [-0.2, -0.15) is 0 Å². The number of pyridine rings is 1. The molecule has 2 heterocycles. The van der Waals surface area contributed by atoms with Gasteiger partial charge in [0.1, 0.15) is 11.5 Å². The molecular formula is C14H17N5O. The number of amides is 1. The topological polar surface area (TPSA) is 79.8 Å². The minimum absolute atomic E-state index is 0.273. The molecule has 104 valence electrons. The normalized spacial score (nSPS) is 10.1. The van der Waals surface area contributed by atoms with Crippen molar-refractivity contribution in [3.8, 4) is 0 Å². The van der Waals surface area contributed by atoms with Crippen LogP contribution in [-0.2, 0) is 0 Å². The second-order valence-corrected chi connectivity index (χ2v) is 4.36. The van der Waals surface area contributed by atoms with Gasteiger partial charge >= 0.3 is 0 Å². The van der Waals surface area contributed by atoms with Crippen molar-refractivity contribution in [2.45, 2.75) is 20.3 Å². The van der Waals surface area contributed by atoms with E-state index in [-0.39, 0.29) is 11.6 Å². The molecule has 1 amide bonds. The molecule has 0 fully saturated rings. The quantitative estimate of drug-likeness (QED) is 0.872. The Morgan fingerprint density at radius 1 is 1.25 bits per heavy atom. The molecule has 6 heteroatoms. The van der Waals surface area contributed by atoms with Crippen LogP contribution in [0, 0.1) is 6.92 Å². The Balaban J connectivity index is 2.11. The molecule has 0 aliphatic carbocycles. The van der Waals surface area contributed by atoms with Gasteiger partial charge in [0, 0.05) is 12.7 Å². The summed E-state index contributed by atoms with van der Waals surface area (Å²) in [4.78, 5) is 24.4. The van der Waals surface area contributed by atoms with E-state index in [0.717, 1.165) is 18.5 Å². The molecule has 2 aromatic heterocycles. The monoisotopic (exact) mass is 271 g/mol. The molecule has 0 aliphatic rings. The standard InChI is InChI=1S/C14H17N5O/c1-3-5-17-13-9-16-8-12(18-13)14(20)19-11-7-15-6-4-10(11)2/h4,6-9H,3,5H2,1-2H3,(H,17,18)(H,19,20). The number of rotatable bonds is 5. The number of nitrogens with zero attached hydrogens (tertiary/aromatic N) is 3. The lowest BCUT2D eigenvalue weighted by Gasteiger charge is -2.08.